The summed E-state index contributed by atoms with van der Waals surface area (Å²) in [6.07, 6.45) is 0. The minimum Gasteiger partial charge on any atom is -0.373 e. The van der Waals surface area contributed by atoms with E-state index in [0.717, 1.165) is 0 Å². The molecular formula is N3Pb+. The van der Waals surface area contributed by atoms with Crippen molar-refractivity contribution in [2.75, 3.05) is 0 Å². The predicted octanol–water partition coefficient (Wildman–Crippen LogP) is 0.485. The normalized spacial score (nSPS) is 2.00. The summed E-state index contributed by atoms with van der Waals surface area (Å²) in [5.74, 6) is 0. The van der Waals surface area contributed by atoms with E-state index in [1.165, 1.54) is 4.91 Å². The van der Waals surface area contributed by atoms with Gasteiger partial charge in [-0.1, -0.05) is 0 Å². The molecule has 0 aliphatic carbocycles. The van der Waals surface area contributed by atoms with E-state index in [2.05, 4.69) is 0 Å². The summed E-state index contributed by atoms with van der Waals surface area (Å²) in [5.41, 5.74) is 13.5. The smallest absolute Gasteiger partial charge is 0.373 e. The maximum Gasteiger partial charge on any atom is 2.00 e. The van der Waals surface area contributed by atoms with Gasteiger partial charge in [-0.25, -0.2) is 0 Å². The van der Waals surface area contributed by atoms with Gasteiger partial charge in [-0.2, -0.15) is 0 Å². The predicted molar refractivity (Wildman–Crippen MR) is 15.8 cm³/mol. The molecule has 4 heteroatoms. The van der Waals surface area contributed by atoms with Crippen LogP contribution in [0.1, 0.15) is 0 Å². The maximum absolute atomic E-state index is 6.75. The van der Waals surface area contributed by atoms with Gasteiger partial charge in [-0.3, -0.25) is 4.91 Å². The minimum absolute atomic E-state index is 0. The number of nitrogens with zero attached hydrogens (tertiary/aromatic N) is 3. The van der Waals surface area contributed by atoms with Crippen LogP contribution in [-0.2, 0) is 0 Å². The average molecular weight is 249 g/mol. The first-order chi connectivity index (χ1) is 1.41. The largest absolute Gasteiger partial charge is 2.00 e. The van der Waals surface area contributed by atoms with Crippen LogP contribution in [0, 0.1) is 0 Å². The maximum atomic E-state index is 6.75. The van der Waals surface area contributed by atoms with Gasteiger partial charge in [0.2, 0.25) is 0 Å². The van der Waals surface area contributed by atoms with Crippen LogP contribution in [0.2, 0.25) is 0 Å². The van der Waals surface area contributed by atoms with Crippen LogP contribution in [-0.4, -0.2) is 27.3 Å². The van der Waals surface area contributed by atoms with Crippen LogP contribution in [0.4, 0.5) is 0 Å². The van der Waals surface area contributed by atoms with E-state index in [-0.39, 0.29) is 27.3 Å². The van der Waals surface area contributed by atoms with Gasteiger partial charge in [0.1, 0.15) is 0 Å². The molecule has 0 bridgehead atoms. The van der Waals surface area contributed by atoms with E-state index < -0.39 is 0 Å². The SMILES string of the molecule is [N-]=[N+]=[N-].[Pb+2]. The Labute approximate surface area is 43.6 Å². The zero-order chi connectivity index (χ0) is 2.71. The molecule has 0 saturated heterocycles. The summed E-state index contributed by atoms with van der Waals surface area (Å²) in [7, 11) is 0. The quantitative estimate of drug-likeness (QED) is 0.259. The Hall–Kier alpha value is 0.232. The molecule has 0 aromatic heterocycles. The molecule has 0 rings (SSSR count). The van der Waals surface area contributed by atoms with Crippen LogP contribution in [0.25, 0.3) is 16.0 Å². The van der Waals surface area contributed by atoms with E-state index in [9.17, 15) is 0 Å². The third-order valence-electron chi connectivity index (χ3n) is 0. The van der Waals surface area contributed by atoms with Crippen LogP contribution in [0.3, 0.4) is 0 Å². The van der Waals surface area contributed by atoms with Crippen molar-refractivity contribution in [1.29, 1.82) is 0 Å². The standard InChI is InChI=1S/N3.Pb/c1-3-2;/q-1;+2. The Morgan fingerprint density at radius 3 is 1.25 bits per heavy atom. The molecule has 0 N–H and O–H groups in total. The van der Waals surface area contributed by atoms with Gasteiger partial charge in [-0.15, -0.1) is 0 Å². The van der Waals surface area contributed by atoms with Crippen molar-refractivity contribution in [2.24, 2.45) is 0 Å². The molecule has 0 atom stereocenters. The Kier molecular flexibility index (Phi) is 23.5. The summed E-state index contributed by atoms with van der Waals surface area (Å²) >= 11 is 0. The van der Waals surface area contributed by atoms with E-state index >= 15 is 0 Å². The fourth-order valence-corrected chi connectivity index (χ4v) is 0. The van der Waals surface area contributed by atoms with Crippen LogP contribution >= 0.6 is 0 Å². The second kappa shape index (κ2) is 10.6. The molecule has 3 nitrogen and oxygen atoms in total. The van der Waals surface area contributed by atoms with Crippen LogP contribution in [0.15, 0.2) is 0 Å². The molecule has 0 unspecified atom stereocenters. The van der Waals surface area contributed by atoms with E-state index in [1.54, 1.807) is 0 Å². The van der Waals surface area contributed by atoms with Gasteiger partial charge in [0.05, 0.1) is 0 Å². The third-order valence-corrected chi connectivity index (χ3v) is 0. The summed E-state index contributed by atoms with van der Waals surface area (Å²) < 4.78 is 0. The second-order valence-electron chi connectivity index (χ2n) is 0.0894. The zero-order valence-electron chi connectivity index (χ0n) is 1.84. The average Bonchev–Trinajstić information content (AvgIpc) is 0.918. The summed E-state index contributed by atoms with van der Waals surface area (Å²) in [6, 6.07) is 0. The van der Waals surface area contributed by atoms with Crippen molar-refractivity contribution in [3.8, 4) is 0 Å². The van der Waals surface area contributed by atoms with E-state index in [4.69, 9.17) is 11.1 Å². The zero-order valence-corrected chi connectivity index (χ0v) is 5.73. The molecule has 0 amide bonds. The molecule has 0 aromatic rings. The summed E-state index contributed by atoms with van der Waals surface area (Å²) in [6.45, 7) is 0. The topological polar surface area (TPSA) is 58.7 Å². The van der Waals surface area contributed by atoms with Gasteiger partial charge in [0.25, 0.3) is 0 Å². The molecule has 0 fully saturated rings. The molecule has 4 heavy (non-hydrogen) atoms. The first-order valence-electron chi connectivity index (χ1n) is 0.400. The number of rotatable bonds is 0. The van der Waals surface area contributed by atoms with Gasteiger partial charge >= 0.3 is 27.3 Å². The Balaban J connectivity index is 0. The fraction of sp³-hybridized carbons (Fsp3) is 0. The monoisotopic (exact) mass is 250 g/mol. The van der Waals surface area contributed by atoms with Gasteiger partial charge < -0.3 is 11.1 Å². The van der Waals surface area contributed by atoms with Crippen LogP contribution in [0.5, 0.6) is 0 Å². The minimum atomic E-state index is 0. The fourth-order valence-electron chi connectivity index (χ4n) is 0. The third kappa shape index (κ3) is 62.9. The van der Waals surface area contributed by atoms with Crippen molar-refractivity contribution >= 4 is 27.3 Å². The summed E-state index contributed by atoms with van der Waals surface area (Å²) in [5, 5.41) is 0. The van der Waals surface area contributed by atoms with E-state index in [1.807, 2.05) is 0 Å². The molecule has 0 aliphatic rings. The molecule has 0 heterocycles. The first-order valence-corrected chi connectivity index (χ1v) is 0.400. The molecule has 18 valence electrons. The summed E-state index contributed by atoms with van der Waals surface area (Å²) in [4.78, 5) is 1.50. The van der Waals surface area contributed by atoms with Crippen molar-refractivity contribution in [1.82, 2.24) is 0 Å². The molecule has 0 saturated carbocycles. The first kappa shape index (κ1) is 8.87. The molecule has 2 radical (unpaired) electrons. The van der Waals surface area contributed by atoms with Crippen LogP contribution < -0.4 is 0 Å². The number of hydrogen-bond donors (Lipinski definition) is 0. The van der Waals surface area contributed by atoms with Gasteiger partial charge in [-0.05, 0) is 0 Å². The Morgan fingerprint density at radius 2 is 1.25 bits per heavy atom. The Bertz CT molecular complexity index is 24.3. The molecular weight excluding hydrogens is 249 g/mol. The molecule has 0 aromatic carbocycles. The molecule has 0 spiro atoms. The van der Waals surface area contributed by atoms with Gasteiger partial charge in [0.15, 0.2) is 0 Å². The van der Waals surface area contributed by atoms with Crippen molar-refractivity contribution in [3.63, 3.8) is 0 Å². The van der Waals surface area contributed by atoms with Crippen molar-refractivity contribution in [2.45, 2.75) is 0 Å². The Morgan fingerprint density at radius 1 is 1.25 bits per heavy atom. The second-order valence-corrected chi connectivity index (χ2v) is 0.0894. The molecule has 0 aliphatic heterocycles. The van der Waals surface area contributed by atoms with Gasteiger partial charge in [0, 0.05) is 0 Å². The number of hydrogen-bond acceptors (Lipinski definition) is 0. The van der Waals surface area contributed by atoms with Crippen molar-refractivity contribution < 1.29 is 0 Å². The van der Waals surface area contributed by atoms with E-state index in [0.29, 0.717) is 0 Å². The van der Waals surface area contributed by atoms with Crippen molar-refractivity contribution in [3.05, 3.63) is 16.0 Å².